The number of benzene rings is 2. The molecule has 2 N–H and O–H groups in total. The third kappa shape index (κ3) is 4.45. The van der Waals surface area contributed by atoms with E-state index in [0.29, 0.717) is 17.0 Å². The van der Waals surface area contributed by atoms with Crippen molar-refractivity contribution >= 4 is 22.7 Å². The van der Waals surface area contributed by atoms with Gasteiger partial charge in [0, 0.05) is 35.8 Å². The van der Waals surface area contributed by atoms with Crippen molar-refractivity contribution in [2.75, 3.05) is 13.1 Å². The van der Waals surface area contributed by atoms with Crippen molar-refractivity contribution in [2.45, 2.75) is 25.7 Å². The van der Waals surface area contributed by atoms with Gasteiger partial charge in [-0.15, -0.1) is 0 Å². The van der Waals surface area contributed by atoms with Crippen LogP contribution in [0.4, 0.5) is 0 Å². The van der Waals surface area contributed by atoms with Crippen LogP contribution in [0.3, 0.4) is 0 Å². The van der Waals surface area contributed by atoms with Crippen molar-refractivity contribution in [1.82, 2.24) is 9.88 Å². The van der Waals surface area contributed by atoms with E-state index in [9.17, 15) is 9.59 Å². The number of aromatic nitrogens is 1. The van der Waals surface area contributed by atoms with Gasteiger partial charge >= 0.3 is 0 Å². The van der Waals surface area contributed by atoms with Gasteiger partial charge in [0.25, 0.3) is 5.91 Å². The van der Waals surface area contributed by atoms with Crippen LogP contribution in [-0.4, -0.2) is 34.8 Å². The van der Waals surface area contributed by atoms with Crippen molar-refractivity contribution in [3.63, 3.8) is 0 Å². The first-order valence-electron chi connectivity index (χ1n) is 10.1. The molecule has 1 saturated heterocycles. The van der Waals surface area contributed by atoms with Gasteiger partial charge in [0.05, 0.1) is 5.52 Å². The first-order valence-corrected chi connectivity index (χ1v) is 10.1. The number of pyridine rings is 1. The highest BCUT2D eigenvalue weighted by Gasteiger charge is 2.22. The average molecular weight is 387 g/mol. The van der Waals surface area contributed by atoms with E-state index in [1.807, 2.05) is 29.3 Å². The SMILES string of the molecule is NC(=O)c1cccc(C(=O)N2CCCC(Cc3cnc4ccccc4c3)CC2)c1. The molecule has 5 heteroatoms. The highest BCUT2D eigenvalue weighted by molar-refractivity contribution is 5.99. The molecular weight excluding hydrogens is 362 g/mol. The van der Waals surface area contributed by atoms with Crippen LogP contribution in [0.2, 0.25) is 0 Å². The summed E-state index contributed by atoms with van der Waals surface area (Å²) in [4.78, 5) is 30.8. The number of carbonyl (C=O) groups excluding carboxylic acids is 2. The van der Waals surface area contributed by atoms with Gasteiger partial charge in [-0.05, 0) is 67.5 Å². The Morgan fingerprint density at radius 3 is 2.69 bits per heavy atom. The van der Waals surface area contributed by atoms with Crippen molar-refractivity contribution in [3.8, 4) is 0 Å². The van der Waals surface area contributed by atoms with E-state index < -0.39 is 5.91 Å². The van der Waals surface area contributed by atoms with Crippen LogP contribution in [0.5, 0.6) is 0 Å². The lowest BCUT2D eigenvalue weighted by Gasteiger charge is -2.21. The van der Waals surface area contributed by atoms with E-state index in [1.165, 1.54) is 10.9 Å². The fourth-order valence-electron chi connectivity index (χ4n) is 4.12. The summed E-state index contributed by atoms with van der Waals surface area (Å²) in [5, 5.41) is 1.17. The van der Waals surface area contributed by atoms with Crippen LogP contribution in [0.25, 0.3) is 10.9 Å². The van der Waals surface area contributed by atoms with Crippen LogP contribution in [-0.2, 0) is 6.42 Å². The number of primary amides is 1. The van der Waals surface area contributed by atoms with Gasteiger partial charge in [-0.1, -0.05) is 24.3 Å². The second-order valence-electron chi connectivity index (χ2n) is 7.77. The zero-order valence-corrected chi connectivity index (χ0v) is 16.4. The molecule has 5 nitrogen and oxygen atoms in total. The summed E-state index contributed by atoms with van der Waals surface area (Å²) < 4.78 is 0. The third-order valence-electron chi connectivity index (χ3n) is 5.70. The van der Waals surface area contributed by atoms with Gasteiger partial charge in [-0.2, -0.15) is 0 Å². The molecule has 0 radical (unpaired) electrons. The maximum Gasteiger partial charge on any atom is 0.253 e. The Bertz CT molecular complexity index is 1050. The molecule has 0 saturated carbocycles. The number of likely N-dealkylation sites (tertiary alicyclic amines) is 1. The standard InChI is InChI=1S/C24H25N3O2/c25-23(28)20-7-3-8-21(15-20)24(29)27-11-4-5-17(10-12-27)13-18-14-19-6-1-2-9-22(19)26-16-18/h1-3,6-9,14-17H,4-5,10-13H2,(H2,25,28). The molecule has 148 valence electrons. The molecule has 1 aliphatic heterocycles. The number of nitrogens with zero attached hydrogens (tertiary/aromatic N) is 2. The van der Waals surface area contributed by atoms with E-state index in [-0.39, 0.29) is 5.91 Å². The fourth-order valence-corrected chi connectivity index (χ4v) is 4.12. The third-order valence-corrected chi connectivity index (χ3v) is 5.70. The Kier molecular flexibility index (Phi) is 5.56. The maximum absolute atomic E-state index is 12.9. The van der Waals surface area contributed by atoms with Crippen molar-refractivity contribution in [2.24, 2.45) is 11.7 Å². The number of carbonyl (C=O) groups is 2. The van der Waals surface area contributed by atoms with Crippen LogP contribution in [0.15, 0.2) is 60.8 Å². The van der Waals surface area contributed by atoms with Crippen LogP contribution in [0.1, 0.15) is 45.5 Å². The van der Waals surface area contributed by atoms with Gasteiger partial charge in [0.1, 0.15) is 0 Å². The number of rotatable bonds is 4. The lowest BCUT2D eigenvalue weighted by atomic mass is 9.93. The minimum Gasteiger partial charge on any atom is -0.366 e. The number of fused-ring (bicyclic) bond motifs is 1. The van der Waals surface area contributed by atoms with Gasteiger partial charge in [-0.3, -0.25) is 14.6 Å². The molecule has 1 fully saturated rings. The lowest BCUT2D eigenvalue weighted by Crippen LogP contribution is -2.32. The zero-order valence-electron chi connectivity index (χ0n) is 16.4. The Labute approximate surface area is 170 Å². The first-order chi connectivity index (χ1) is 14.1. The highest BCUT2D eigenvalue weighted by Crippen LogP contribution is 2.24. The van der Waals surface area contributed by atoms with Gasteiger partial charge in [0.15, 0.2) is 0 Å². The summed E-state index contributed by atoms with van der Waals surface area (Å²) in [5.74, 6) is -0.00610. The number of hydrogen-bond donors (Lipinski definition) is 1. The van der Waals surface area contributed by atoms with E-state index in [2.05, 4.69) is 17.1 Å². The molecule has 0 spiro atoms. The highest BCUT2D eigenvalue weighted by atomic mass is 16.2. The number of nitrogens with two attached hydrogens (primary N) is 1. The average Bonchev–Trinajstić information content (AvgIpc) is 2.99. The van der Waals surface area contributed by atoms with Crippen LogP contribution < -0.4 is 5.73 Å². The zero-order chi connectivity index (χ0) is 20.2. The molecule has 1 atom stereocenters. The number of para-hydroxylation sites is 1. The second kappa shape index (κ2) is 8.43. The molecule has 2 amide bonds. The minimum atomic E-state index is -0.514. The maximum atomic E-state index is 12.9. The fraction of sp³-hybridized carbons (Fsp3) is 0.292. The summed E-state index contributed by atoms with van der Waals surface area (Å²) in [6, 6.07) is 17.1. The number of hydrogen-bond acceptors (Lipinski definition) is 3. The van der Waals surface area contributed by atoms with Crippen molar-refractivity contribution in [3.05, 3.63) is 77.5 Å². The Morgan fingerprint density at radius 1 is 1.00 bits per heavy atom. The summed E-state index contributed by atoms with van der Waals surface area (Å²) in [7, 11) is 0. The van der Waals surface area contributed by atoms with Gasteiger partial charge in [0.2, 0.25) is 5.91 Å². The molecule has 2 aromatic carbocycles. The monoisotopic (exact) mass is 387 g/mol. The molecule has 1 unspecified atom stereocenters. The first kappa shape index (κ1) is 19.1. The molecule has 1 aromatic heterocycles. The summed E-state index contributed by atoms with van der Waals surface area (Å²) >= 11 is 0. The summed E-state index contributed by atoms with van der Waals surface area (Å²) in [6.45, 7) is 1.47. The Balaban J connectivity index is 1.41. The summed E-state index contributed by atoms with van der Waals surface area (Å²) in [5.41, 5.74) is 8.51. The van der Waals surface area contributed by atoms with E-state index in [4.69, 9.17) is 5.73 Å². The van der Waals surface area contributed by atoms with Crippen molar-refractivity contribution < 1.29 is 9.59 Å². The normalized spacial score (nSPS) is 17.1. The Hall–Kier alpha value is -3.21. The van der Waals surface area contributed by atoms with E-state index >= 15 is 0 Å². The topological polar surface area (TPSA) is 76.3 Å². The van der Waals surface area contributed by atoms with Gasteiger partial charge in [-0.25, -0.2) is 0 Å². The Morgan fingerprint density at radius 2 is 1.83 bits per heavy atom. The molecule has 2 heterocycles. The van der Waals surface area contributed by atoms with Gasteiger partial charge < -0.3 is 10.6 Å². The smallest absolute Gasteiger partial charge is 0.253 e. The predicted molar refractivity (Wildman–Crippen MR) is 114 cm³/mol. The minimum absolute atomic E-state index is 0.0267. The molecule has 0 aliphatic carbocycles. The molecule has 29 heavy (non-hydrogen) atoms. The molecule has 4 rings (SSSR count). The number of amides is 2. The van der Waals surface area contributed by atoms with Crippen LogP contribution in [0, 0.1) is 5.92 Å². The molecule has 0 bridgehead atoms. The van der Waals surface area contributed by atoms with Crippen molar-refractivity contribution in [1.29, 1.82) is 0 Å². The van der Waals surface area contributed by atoms with Crippen LogP contribution >= 0.6 is 0 Å². The molecule has 1 aliphatic rings. The quantitative estimate of drug-likeness (QED) is 0.739. The lowest BCUT2D eigenvalue weighted by molar-refractivity contribution is 0.0760. The molecule has 3 aromatic rings. The van der Waals surface area contributed by atoms with E-state index in [0.717, 1.165) is 44.3 Å². The molecular formula is C24H25N3O2. The summed E-state index contributed by atoms with van der Waals surface area (Å²) in [6.07, 6.45) is 6.00. The van der Waals surface area contributed by atoms with E-state index in [1.54, 1.807) is 24.3 Å². The second-order valence-corrected chi connectivity index (χ2v) is 7.77. The largest absolute Gasteiger partial charge is 0.366 e. The predicted octanol–water partition coefficient (Wildman–Crippen LogP) is 3.82.